The summed E-state index contributed by atoms with van der Waals surface area (Å²) in [6.07, 6.45) is 79.0. The van der Waals surface area contributed by atoms with E-state index < -0.39 is 6.10 Å². The smallest absolute Gasteiger partial charge is 0.306 e. The first-order chi connectivity index (χ1) is 36.0. The molecule has 0 radical (unpaired) electrons. The third-order valence-electron chi connectivity index (χ3n) is 13.7. The van der Waals surface area contributed by atoms with Crippen LogP contribution in [0.4, 0.5) is 0 Å². The molecule has 73 heavy (non-hydrogen) atoms. The second kappa shape index (κ2) is 61.4. The van der Waals surface area contributed by atoms with Crippen molar-refractivity contribution in [2.45, 2.75) is 322 Å². The van der Waals surface area contributed by atoms with Crippen LogP contribution >= 0.6 is 0 Å². The van der Waals surface area contributed by atoms with Gasteiger partial charge in [0, 0.05) is 19.3 Å². The highest BCUT2D eigenvalue weighted by atomic mass is 16.6. The number of esters is 3. The van der Waals surface area contributed by atoms with Gasteiger partial charge < -0.3 is 14.2 Å². The Hall–Kier alpha value is -3.15. The van der Waals surface area contributed by atoms with Crippen LogP contribution in [-0.2, 0) is 28.6 Å². The molecular weight excluding hydrogens is 901 g/mol. The Morgan fingerprint density at radius 3 is 0.836 bits per heavy atom. The minimum Gasteiger partial charge on any atom is -0.462 e. The quantitative estimate of drug-likeness (QED) is 0.0261. The van der Waals surface area contributed by atoms with Crippen molar-refractivity contribution < 1.29 is 28.6 Å². The third kappa shape index (κ3) is 59.6. The number of allylic oxidation sites excluding steroid dienone is 12. The second-order valence-corrected chi connectivity index (χ2v) is 21.0. The van der Waals surface area contributed by atoms with Crippen LogP contribution in [0.15, 0.2) is 72.9 Å². The largest absolute Gasteiger partial charge is 0.462 e. The zero-order valence-corrected chi connectivity index (χ0v) is 48.4. The van der Waals surface area contributed by atoms with E-state index in [1.807, 2.05) is 0 Å². The molecule has 6 nitrogen and oxygen atoms in total. The molecule has 0 spiro atoms. The van der Waals surface area contributed by atoms with Gasteiger partial charge >= 0.3 is 17.9 Å². The van der Waals surface area contributed by atoms with Crippen molar-refractivity contribution in [1.29, 1.82) is 0 Å². The van der Waals surface area contributed by atoms with Gasteiger partial charge in [0.1, 0.15) is 13.2 Å². The molecule has 0 heterocycles. The molecule has 0 aliphatic rings. The second-order valence-electron chi connectivity index (χ2n) is 21.0. The Morgan fingerprint density at radius 1 is 0.288 bits per heavy atom. The lowest BCUT2D eigenvalue weighted by atomic mass is 10.0. The lowest BCUT2D eigenvalue weighted by molar-refractivity contribution is -0.167. The molecule has 0 aliphatic heterocycles. The molecule has 422 valence electrons. The monoisotopic (exact) mass is 1020 g/mol. The molecule has 0 rings (SSSR count). The molecule has 0 aliphatic carbocycles. The van der Waals surface area contributed by atoms with Gasteiger partial charge in [0.2, 0.25) is 0 Å². The minimum absolute atomic E-state index is 0.0791. The van der Waals surface area contributed by atoms with Crippen molar-refractivity contribution in [1.82, 2.24) is 0 Å². The summed E-state index contributed by atoms with van der Waals surface area (Å²) in [6, 6.07) is 0. The normalized spacial score (nSPS) is 12.5. The average Bonchev–Trinajstić information content (AvgIpc) is 3.39. The molecule has 0 bridgehead atoms. The molecule has 0 N–H and O–H groups in total. The van der Waals surface area contributed by atoms with Crippen LogP contribution in [0.2, 0.25) is 0 Å². The van der Waals surface area contributed by atoms with Gasteiger partial charge in [-0.15, -0.1) is 0 Å². The van der Waals surface area contributed by atoms with Crippen molar-refractivity contribution in [2.24, 2.45) is 0 Å². The number of hydrogen-bond donors (Lipinski definition) is 0. The molecule has 0 aromatic heterocycles. The van der Waals surface area contributed by atoms with Crippen LogP contribution in [-0.4, -0.2) is 37.2 Å². The number of unbranched alkanes of at least 4 members (excludes halogenated alkanes) is 34. The van der Waals surface area contributed by atoms with Gasteiger partial charge in [-0.2, -0.15) is 0 Å². The zero-order chi connectivity index (χ0) is 52.9. The van der Waals surface area contributed by atoms with E-state index in [0.29, 0.717) is 19.3 Å². The number of hydrogen-bond acceptors (Lipinski definition) is 6. The van der Waals surface area contributed by atoms with E-state index in [-0.39, 0.29) is 31.1 Å². The van der Waals surface area contributed by atoms with E-state index in [4.69, 9.17) is 14.2 Å². The Morgan fingerprint density at radius 2 is 0.534 bits per heavy atom. The summed E-state index contributed by atoms with van der Waals surface area (Å²) in [5, 5.41) is 0. The van der Waals surface area contributed by atoms with Crippen molar-refractivity contribution in [3.8, 4) is 0 Å². The van der Waals surface area contributed by atoms with Crippen molar-refractivity contribution in [3.63, 3.8) is 0 Å². The molecule has 0 fully saturated rings. The summed E-state index contributed by atoms with van der Waals surface area (Å²) >= 11 is 0. The van der Waals surface area contributed by atoms with Gasteiger partial charge in [0.15, 0.2) is 6.10 Å². The first-order valence-electron chi connectivity index (χ1n) is 31.4. The fourth-order valence-corrected chi connectivity index (χ4v) is 9.04. The maximum atomic E-state index is 12.9. The van der Waals surface area contributed by atoms with E-state index in [0.717, 1.165) is 109 Å². The molecule has 0 aromatic rings. The SMILES string of the molecule is CC/C=C\C/C=C\C/C=C\C/C=C\C/C=C\C/C=C\CCCCCCC(=O)OCC(COC(=O)CCCCCCCCCCCCCCCCCC)OC(=O)CCCCCCCCCCCCCCCCCC. The molecule has 6 heteroatoms. The van der Waals surface area contributed by atoms with Crippen molar-refractivity contribution >= 4 is 17.9 Å². The van der Waals surface area contributed by atoms with Gasteiger partial charge in [0.25, 0.3) is 0 Å². The lowest BCUT2D eigenvalue weighted by Crippen LogP contribution is -2.30. The average molecular weight is 1020 g/mol. The van der Waals surface area contributed by atoms with Crippen molar-refractivity contribution in [3.05, 3.63) is 72.9 Å². The lowest BCUT2D eigenvalue weighted by Gasteiger charge is -2.18. The Kier molecular flexibility index (Phi) is 58.7. The molecule has 0 saturated heterocycles. The third-order valence-corrected chi connectivity index (χ3v) is 13.7. The summed E-state index contributed by atoms with van der Waals surface area (Å²) in [5.74, 6) is -0.887. The van der Waals surface area contributed by atoms with E-state index >= 15 is 0 Å². The van der Waals surface area contributed by atoms with Crippen LogP contribution in [0.25, 0.3) is 0 Å². The number of ether oxygens (including phenoxy) is 3. The molecule has 0 amide bonds. The molecular formula is C67H118O6. The Labute approximate surface area is 453 Å². The molecule has 0 aromatic carbocycles. The molecule has 1 atom stereocenters. The first kappa shape index (κ1) is 69.8. The van der Waals surface area contributed by atoms with E-state index in [1.54, 1.807) is 0 Å². The molecule has 0 saturated carbocycles. The van der Waals surface area contributed by atoms with Crippen LogP contribution in [0.5, 0.6) is 0 Å². The van der Waals surface area contributed by atoms with E-state index in [9.17, 15) is 14.4 Å². The van der Waals surface area contributed by atoms with Gasteiger partial charge in [-0.05, 0) is 70.6 Å². The minimum atomic E-state index is -0.784. The Bertz CT molecular complexity index is 1360. The summed E-state index contributed by atoms with van der Waals surface area (Å²) in [5.41, 5.74) is 0. The summed E-state index contributed by atoms with van der Waals surface area (Å²) in [7, 11) is 0. The predicted molar refractivity (Wildman–Crippen MR) is 316 cm³/mol. The molecule has 1 unspecified atom stereocenters. The fourth-order valence-electron chi connectivity index (χ4n) is 9.04. The zero-order valence-electron chi connectivity index (χ0n) is 48.4. The predicted octanol–water partition coefficient (Wildman–Crippen LogP) is 21.3. The maximum absolute atomic E-state index is 12.9. The van der Waals surface area contributed by atoms with Gasteiger partial charge in [-0.1, -0.05) is 299 Å². The summed E-state index contributed by atoms with van der Waals surface area (Å²) < 4.78 is 16.9. The highest BCUT2D eigenvalue weighted by Crippen LogP contribution is 2.17. The fraction of sp³-hybridized carbons (Fsp3) is 0.776. The van der Waals surface area contributed by atoms with Gasteiger partial charge in [-0.3, -0.25) is 14.4 Å². The topological polar surface area (TPSA) is 78.9 Å². The highest BCUT2D eigenvalue weighted by Gasteiger charge is 2.19. The van der Waals surface area contributed by atoms with Crippen LogP contribution < -0.4 is 0 Å². The van der Waals surface area contributed by atoms with E-state index in [1.165, 1.54) is 167 Å². The van der Waals surface area contributed by atoms with Crippen LogP contribution in [0.3, 0.4) is 0 Å². The van der Waals surface area contributed by atoms with Gasteiger partial charge in [0.05, 0.1) is 0 Å². The van der Waals surface area contributed by atoms with Crippen LogP contribution in [0.1, 0.15) is 316 Å². The maximum Gasteiger partial charge on any atom is 0.306 e. The number of carbonyl (C=O) groups is 3. The summed E-state index contributed by atoms with van der Waals surface area (Å²) in [6.45, 7) is 6.55. The van der Waals surface area contributed by atoms with E-state index in [2.05, 4.69) is 93.7 Å². The standard InChI is InChI=1S/C67H118O6/c1-4-7-10-13-16-19-22-25-28-31-32-33-34-35-36-37-40-42-45-48-51-54-57-60-66(69)72-63-64(73-67(70)61-58-55-52-49-46-43-39-30-27-24-21-18-15-12-9-6-3)62-71-65(68)59-56-53-50-47-44-41-38-29-26-23-20-17-14-11-8-5-2/h7,10,16,19,25,28,32-33,35-36,40,42,64H,4-6,8-9,11-15,17-18,20-24,26-27,29-31,34,37-39,41,43-63H2,1-3H3/b10-7-,19-16-,28-25-,33-32-,36-35-,42-40-. The first-order valence-corrected chi connectivity index (χ1v) is 31.4. The van der Waals surface area contributed by atoms with Gasteiger partial charge in [-0.25, -0.2) is 0 Å². The number of carbonyl (C=O) groups excluding carboxylic acids is 3. The highest BCUT2D eigenvalue weighted by molar-refractivity contribution is 5.71. The number of rotatable bonds is 57. The van der Waals surface area contributed by atoms with Crippen LogP contribution in [0, 0.1) is 0 Å². The van der Waals surface area contributed by atoms with Crippen molar-refractivity contribution in [2.75, 3.05) is 13.2 Å². The Balaban J connectivity index is 4.39. The summed E-state index contributed by atoms with van der Waals surface area (Å²) in [4.78, 5) is 38.3.